The van der Waals surface area contributed by atoms with Crippen molar-refractivity contribution in [3.63, 3.8) is 0 Å². The minimum Gasteiger partial charge on any atom is -0.294 e. The molecule has 2 saturated carbocycles. The molecule has 0 heterocycles. The summed E-state index contributed by atoms with van der Waals surface area (Å²) in [6.45, 7) is 1.91. The van der Waals surface area contributed by atoms with Crippen LogP contribution in [0.5, 0.6) is 0 Å². The molecule has 0 aliphatic heterocycles. The first-order valence-corrected chi connectivity index (χ1v) is 7.95. The molecule has 20 heavy (non-hydrogen) atoms. The highest BCUT2D eigenvalue weighted by Gasteiger charge is 2.35. The van der Waals surface area contributed by atoms with Crippen LogP contribution < -0.4 is 0 Å². The molecule has 0 spiro atoms. The van der Waals surface area contributed by atoms with Crippen LogP contribution in [0.1, 0.15) is 60.9 Å². The molecule has 2 aliphatic carbocycles. The van der Waals surface area contributed by atoms with E-state index in [1.54, 1.807) is 12.1 Å². The molecule has 3 unspecified atom stereocenters. The van der Waals surface area contributed by atoms with Crippen molar-refractivity contribution in [3.05, 3.63) is 35.1 Å². The zero-order valence-electron chi connectivity index (χ0n) is 12.2. The Labute approximate surface area is 120 Å². The van der Waals surface area contributed by atoms with Crippen LogP contribution in [0.3, 0.4) is 0 Å². The SMILES string of the molecule is Cc1ccc(F)c(C(=O)C2CCC3CCCCC3C2)c1. The van der Waals surface area contributed by atoms with Crippen molar-refractivity contribution in [2.24, 2.45) is 17.8 Å². The van der Waals surface area contributed by atoms with Crippen molar-refractivity contribution < 1.29 is 9.18 Å². The van der Waals surface area contributed by atoms with Crippen LogP contribution in [0.25, 0.3) is 0 Å². The molecule has 0 aromatic heterocycles. The number of fused-ring (bicyclic) bond motifs is 1. The fourth-order valence-electron chi connectivity index (χ4n) is 4.16. The van der Waals surface area contributed by atoms with E-state index in [4.69, 9.17) is 0 Å². The Balaban J connectivity index is 1.76. The molecule has 3 atom stereocenters. The van der Waals surface area contributed by atoms with E-state index < -0.39 is 0 Å². The van der Waals surface area contributed by atoms with Crippen LogP contribution >= 0.6 is 0 Å². The molecule has 0 radical (unpaired) electrons. The number of ketones is 1. The average Bonchev–Trinajstić information content (AvgIpc) is 2.48. The number of aryl methyl sites for hydroxylation is 1. The normalized spacial score (nSPS) is 29.8. The summed E-state index contributed by atoms with van der Waals surface area (Å²) in [6, 6.07) is 4.86. The van der Waals surface area contributed by atoms with Crippen LogP contribution in [-0.2, 0) is 0 Å². The van der Waals surface area contributed by atoms with E-state index in [1.165, 1.54) is 31.7 Å². The number of rotatable bonds is 2. The van der Waals surface area contributed by atoms with Gasteiger partial charge in [-0.25, -0.2) is 4.39 Å². The van der Waals surface area contributed by atoms with Crippen LogP contribution in [0.15, 0.2) is 18.2 Å². The van der Waals surface area contributed by atoms with Gasteiger partial charge >= 0.3 is 0 Å². The Hall–Kier alpha value is -1.18. The standard InChI is InChI=1S/C18H23FO/c1-12-6-9-17(19)16(10-12)18(20)15-8-7-13-4-2-3-5-14(13)11-15/h6,9-10,13-15H,2-5,7-8,11H2,1H3. The van der Waals surface area contributed by atoms with Crippen molar-refractivity contribution in [1.82, 2.24) is 0 Å². The van der Waals surface area contributed by atoms with Crippen molar-refractivity contribution >= 4 is 5.78 Å². The summed E-state index contributed by atoms with van der Waals surface area (Å²) in [5.74, 6) is 1.27. The number of halogens is 1. The second kappa shape index (κ2) is 5.67. The average molecular weight is 274 g/mol. The predicted octanol–water partition coefficient (Wildman–Crippen LogP) is 4.92. The summed E-state index contributed by atoms with van der Waals surface area (Å²) in [6.07, 6.45) is 8.36. The molecular formula is C18H23FO. The van der Waals surface area contributed by atoms with Crippen molar-refractivity contribution in [2.75, 3.05) is 0 Å². The number of Topliss-reactive ketones (excluding diaryl/α,β-unsaturated/α-hetero) is 1. The van der Waals surface area contributed by atoms with Crippen LogP contribution in [0.2, 0.25) is 0 Å². The molecule has 0 N–H and O–H groups in total. The Bertz CT molecular complexity index is 508. The first-order valence-electron chi connectivity index (χ1n) is 7.95. The van der Waals surface area contributed by atoms with Crippen molar-refractivity contribution in [1.29, 1.82) is 0 Å². The third-order valence-corrected chi connectivity index (χ3v) is 5.30. The zero-order chi connectivity index (χ0) is 14.1. The summed E-state index contributed by atoms with van der Waals surface area (Å²) >= 11 is 0. The zero-order valence-corrected chi connectivity index (χ0v) is 12.2. The van der Waals surface area contributed by atoms with Crippen LogP contribution in [0.4, 0.5) is 4.39 Å². The molecule has 108 valence electrons. The van der Waals surface area contributed by atoms with E-state index in [1.807, 2.05) is 6.92 Å². The molecule has 0 saturated heterocycles. The predicted molar refractivity (Wildman–Crippen MR) is 78.3 cm³/mol. The number of hydrogen-bond acceptors (Lipinski definition) is 1. The minimum absolute atomic E-state index is 0.0372. The summed E-state index contributed by atoms with van der Waals surface area (Å²) < 4.78 is 13.9. The van der Waals surface area contributed by atoms with Gasteiger partial charge in [0.1, 0.15) is 5.82 Å². The van der Waals surface area contributed by atoms with E-state index in [0.29, 0.717) is 11.5 Å². The lowest BCUT2D eigenvalue weighted by molar-refractivity contribution is 0.0759. The Morgan fingerprint density at radius 1 is 1.10 bits per heavy atom. The molecule has 3 rings (SSSR count). The maximum absolute atomic E-state index is 13.9. The van der Waals surface area contributed by atoms with Gasteiger partial charge in [-0.1, -0.05) is 37.3 Å². The number of benzene rings is 1. The van der Waals surface area contributed by atoms with E-state index in [0.717, 1.165) is 30.7 Å². The molecule has 2 aliphatic rings. The summed E-state index contributed by atoms with van der Waals surface area (Å²) in [7, 11) is 0. The van der Waals surface area contributed by atoms with E-state index in [-0.39, 0.29) is 17.5 Å². The van der Waals surface area contributed by atoms with Crippen molar-refractivity contribution in [3.8, 4) is 0 Å². The highest BCUT2D eigenvalue weighted by molar-refractivity contribution is 5.98. The summed E-state index contributed by atoms with van der Waals surface area (Å²) in [5.41, 5.74) is 1.27. The first kappa shape index (κ1) is 13.8. The van der Waals surface area contributed by atoms with Gasteiger partial charge in [0.2, 0.25) is 0 Å². The third-order valence-electron chi connectivity index (χ3n) is 5.30. The Kier molecular flexibility index (Phi) is 3.91. The van der Waals surface area contributed by atoms with Crippen molar-refractivity contribution in [2.45, 2.75) is 51.9 Å². The fourth-order valence-corrected chi connectivity index (χ4v) is 4.16. The van der Waals surface area contributed by atoms with Gasteiger partial charge in [-0.3, -0.25) is 4.79 Å². The van der Waals surface area contributed by atoms with E-state index in [9.17, 15) is 9.18 Å². The fraction of sp³-hybridized carbons (Fsp3) is 0.611. The van der Waals surface area contributed by atoms with Gasteiger partial charge in [-0.05, 0) is 50.2 Å². The van der Waals surface area contributed by atoms with E-state index in [2.05, 4.69) is 0 Å². The lowest BCUT2D eigenvalue weighted by Gasteiger charge is -2.38. The number of carbonyl (C=O) groups excluding carboxylic acids is 1. The topological polar surface area (TPSA) is 17.1 Å². The monoisotopic (exact) mass is 274 g/mol. The van der Waals surface area contributed by atoms with Gasteiger partial charge < -0.3 is 0 Å². The molecule has 0 amide bonds. The van der Waals surface area contributed by atoms with E-state index >= 15 is 0 Å². The third kappa shape index (κ3) is 2.65. The molecule has 2 fully saturated rings. The van der Waals surface area contributed by atoms with Gasteiger partial charge in [0, 0.05) is 5.92 Å². The second-order valence-electron chi connectivity index (χ2n) is 6.66. The molecule has 1 nitrogen and oxygen atoms in total. The summed E-state index contributed by atoms with van der Waals surface area (Å²) in [4.78, 5) is 12.6. The van der Waals surface area contributed by atoms with Gasteiger partial charge in [-0.2, -0.15) is 0 Å². The second-order valence-corrected chi connectivity index (χ2v) is 6.66. The smallest absolute Gasteiger partial charge is 0.168 e. The van der Waals surface area contributed by atoms with Gasteiger partial charge in [-0.15, -0.1) is 0 Å². The quantitative estimate of drug-likeness (QED) is 0.699. The van der Waals surface area contributed by atoms with Crippen LogP contribution in [-0.4, -0.2) is 5.78 Å². The van der Waals surface area contributed by atoms with Crippen LogP contribution in [0, 0.1) is 30.5 Å². The first-order chi connectivity index (χ1) is 9.65. The maximum atomic E-state index is 13.9. The molecular weight excluding hydrogens is 251 g/mol. The largest absolute Gasteiger partial charge is 0.294 e. The van der Waals surface area contributed by atoms with Gasteiger partial charge in [0.15, 0.2) is 5.78 Å². The molecule has 2 heteroatoms. The molecule has 1 aromatic carbocycles. The highest BCUT2D eigenvalue weighted by Crippen LogP contribution is 2.43. The highest BCUT2D eigenvalue weighted by atomic mass is 19.1. The Morgan fingerprint density at radius 2 is 1.85 bits per heavy atom. The molecule has 1 aromatic rings. The Morgan fingerprint density at radius 3 is 2.65 bits per heavy atom. The molecule has 0 bridgehead atoms. The number of carbonyl (C=O) groups is 1. The summed E-state index contributed by atoms with van der Waals surface area (Å²) in [5, 5.41) is 0. The lowest BCUT2D eigenvalue weighted by atomic mass is 9.66. The lowest BCUT2D eigenvalue weighted by Crippen LogP contribution is -2.31. The maximum Gasteiger partial charge on any atom is 0.168 e. The minimum atomic E-state index is -0.355. The van der Waals surface area contributed by atoms with Gasteiger partial charge in [0.25, 0.3) is 0 Å². The number of hydrogen-bond donors (Lipinski definition) is 0. The van der Waals surface area contributed by atoms with Gasteiger partial charge in [0.05, 0.1) is 5.56 Å².